The van der Waals surface area contributed by atoms with E-state index in [0.29, 0.717) is 0 Å². The molecule has 0 unspecified atom stereocenters. The average Bonchev–Trinajstić information content (AvgIpc) is 3.59. The number of anilines is 6. The Kier molecular flexibility index (Phi) is 8.65. The van der Waals surface area contributed by atoms with Gasteiger partial charge in [-0.3, -0.25) is 9.97 Å². The Labute approximate surface area is 335 Å². The van der Waals surface area contributed by atoms with Gasteiger partial charge in [-0.15, -0.1) is 0 Å². The highest BCUT2D eigenvalue weighted by molar-refractivity contribution is 6.20. The number of hydrogen-bond acceptors (Lipinski definition) is 5. The number of pyridine rings is 2. The molecule has 3 aromatic heterocycles. The smallest absolute Gasteiger partial charge is 0.143 e. The summed E-state index contributed by atoms with van der Waals surface area (Å²) < 4.78 is 6.89. The monoisotopic (exact) mass is 744 g/mol. The molecule has 0 N–H and O–H groups in total. The lowest BCUT2D eigenvalue weighted by Gasteiger charge is -2.27. The predicted molar refractivity (Wildman–Crippen MR) is 241 cm³/mol. The number of nitrogens with zero attached hydrogens (tertiary/aromatic N) is 4. The van der Waals surface area contributed by atoms with Crippen LogP contribution in [-0.4, -0.2) is 9.97 Å². The first-order valence-electron chi connectivity index (χ1n) is 19.8. The van der Waals surface area contributed by atoms with Crippen molar-refractivity contribution in [2.75, 3.05) is 9.80 Å². The van der Waals surface area contributed by atoms with Crippen LogP contribution in [0.4, 0.5) is 34.1 Å². The van der Waals surface area contributed by atoms with E-state index in [1.165, 1.54) is 11.1 Å². The van der Waals surface area contributed by atoms with Crippen molar-refractivity contribution in [1.82, 2.24) is 9.97 Å². The number of aromatic nitrogens is 2. The number of benzene rings is 6. The molecule has 0 spiro atoms. The van der Waals surface area contributed by atoms with Gasteiger partial charge in [0.15, 0.2) is 0 Å². The minimum atomic E-state index is 0.0711. The number of hydrogen-bond donors (Lipinski definition) is 0. The van der Waals surface area contributed by atoms with E-state index in [4.69, 9.17) is 4.42 Å². The number of furan rings is 1. The third-order valence-corrected chi connectivity index (χ3v) is 11.2. The Bertz CT molecular complexity index is 2710. The fourth-order valence-corrected chi connectivity index (χ4v) is 7.90. The molecule has 3 heterocycles. The highest BCUT2D eigenvalue weighted by Crippen LogP contribution is 2.43. The van der Waals surface area contributed by atoms with E-state index in [1.807, 2.05) is 26.2 Å². The second-order valence-electron chi connectivity index (χ2n) is 17.4. The Hall–Kier alpha value is -6.46. The summed E-state index contributed by atoms with van der Waals surface area (Å²) in [5.74, 6) is 0. The van der Waals surface area contributed by atoms with Crippen molar-refractivity contribution in [3.63, 3.8) is 0 Å². The van der Waals surface area contributed by atoms with E-state index in [9.17, 15) is 0 Å². The molecule has 0 aliphatic heterocycles. The maximum atomic E-state index is 6.89. The topological polar surface area (TPSA) is 45.4 Å². The van der Waals surface area contributed by atoms with Crippen LogP contribution in [0.15, 0.2) is 150 Å². The predicted octanol–water partition coefficient (Wildman–Crippen LogP) is 14.8. The maximum Gasteiger partial charge on any atom is 0.143 e. The molecule has 9 aromatic rings. The Morgan fingerprint density at radius 3 is 1.09 bits per heavy atom. The van der Waals surface area contributed by atoms with Gasteiger partial charge in [-0.25, -0.2) is 0 Å². The van der Waals surface area contributed by atoms with Crippen LogP contribution in [0.3, 0.4) is 0 Å². The lowest BCUT2D eigenvalue weighted by molar-refractivity contribution is 0.590. The maximum absolute atomic E-state index is 6.89. The molecule has 0 saturated heterocycles. The summed E-state index contributed by atoms with van der Waals surface area (Å²) >= 11 is 0. The molecule has 5 nitrogen and oxygen atoms in total. The second-order valence-corrected chi connectivity index (χ2v) is 17.4. The van der Waals surface area contributed by atoms with Crippen LogP contribution in [0.2, 0.25) is 0 Å². The van der Waals surface area contributed by atoms with Crippen molar-refractivity contribution in [3.05, 3.63) is 168 Å². The molecule has 0 bridgehead atoms. The summed E-state index contributed by atoms with van der Waals surface area (Å²) in [6, 6.07) is 48.4. The Morgan fingerprint density at radius 1 is 0.386 bits per heavy atom. The van der Waals surface area contributed by atoms with Gasteiger partial charge < -0.3 is 14.2 Å². The fraction of sp³-hybridized carbons (Fsp3) is 0.192. The summed E-state index contributed by atoms with van der Waals surface area (Å²) in [6.45, 7) is 17.5. The lowest BCUT2D eigenvalue weighted by Crippen LogP contribution is -2.13. The standard InChI is InChI=1S/C52H48N4O/c1-33-9-17-43(31-53-33)55(39-19-13-37(14-20-39)51(3,4)5)41-23-27-45-35(29-41)11-25-47-48-26-12-36-30-42(24-28-46(36)50(48)57-49(45)47)56(44-18-10-34(2)54-32-44)40-21-15-38(16-22-40)52(6,7)8/h9-32H,1-8H3. The van der Waals surface area contributed by atoms with Crippen molar-refractivity contribution in [1.29, 1.82) is 0 Å². The number of fused-ring (bicyclic) bond motifs is 7. The van der Waals surface area contributed by atoms with Gasteiger partial charge in [0.25, 0.3) is 0 Å². The molecule has 9 rings (SSSR count). The first-order chi connectivity index (χ1) is 27.3. The van der Waals surface area contributed by atoms with Crippen LogP contribution >= 0.6 is 0 Å². The molecule has 0 aliphatic rings. The Balaban J connectivity index is 1.13. The molecular formula is C52H48N4O. The Morgan fingerprint density at radius 2 is 0.737 bits per heavy atom. The van der Waals surface area contributed by atoms with Crippen LogP contribution in [0, 0.1) is 13.8 Å². The van der Waals surface area contributed by atoms with Crippen molar-refractivity contribution in [2.45, 2.75) is 66.2 Å². The third-order valence-electron chi connectivity index (χ3n) is 11.2. The van der Waals surface area contributed by atoms with Crippen LogP contribution in [0.5, 0.6) is 0 Å². The van der Waals surface area contributed by atoms with Gasteiger partial charge in [-0.05, 0) is 144 Å². The van der Waals surface area contributed by atoms with Gasteiger partial charge in [0.05, 0.1) is 23.8 Å². The van der Waals surface area contributed by atoms with Gasteiger partial charge in [0, 0.05) is 55.7 Å². The van der Waals surface area contributed by atoms with E-state index in [-0.39, 0.29) is 10.8 Å². The van der Waals surface area contributed by atoms with Crippen molar-refractivity contribution < 1.29 is 4.42 Å². The summed E-state index contributed by atoms with van der Waals surface area (Å²) in [4.78, 5) is 13.9. The average molecular weight is 745 g/mol. The van der Waals surface area contributed by atoms with Gasteiger partial charge in [-0.2, -0.15) is 0 Å². The van der Waals surface area contributed by atoms with Gasteiger partial charge in [0.2, 0.25) is 0 Å². The minimum Gasteiger partial charge on any atom is -0.455 e. The quantitative estimate of drug-likeness (QED) is 0.170. The van der Waals surface area contributed by atoms with Crippen molar-refractivity contribution >= 4 is 77.6 Å². The van der Waals surface area contributed by atoms with Gasteiger partial charge >= 0.3 is 0 Å². The zero-order valence-electron chi connectivity index (χ0n) is 34.1. The highest BCUT2D eigenvalue weighted by Gasteiger charge is 2.21. The molecule has 0 radical (unpaired) electrons. The van der Waals surface area contributed by atoms with Crippen LogP contribution < -0.4 is 9.80 Å². The van der Waals surface area contributed by atoms with E-state index < -0.39 is 0 Å². The molecule has 282 valence electrons. The molecular weight excluding hydrogens is 697 g/mol. The van der Waals surface area contributed by atoms with Crippen LogP contribution in [0.25, 0.3) is 43.5 Å². The molecule has 5 heteroatoms. The minimum absolute atomic E-state index is 0.0711. The van der Waals surface area contributed by atoms with Crippen molar-refractivity contribution in [3.8, 4) is 0 Å². The lowest BCUT2D eigenvalue weighted by atomic mass is 9.87. The number of aryl methyl sites for hydroxylation is 2. The zero-order chi connectivity index (χ0) is 39.6. The third kappa shape index (κ3) is 6.67. The SMILES string of the molecule is Cc1ccc(N(c2ccc(C(C)(C)C)cc2)c2ccc3c(ccc4c5ccc6cc(N(c7ccc(C(C)(C)C)cc7)c7ccc(C)nc7)ccc6c5oc34)c2)cn1. The molecule has 0 amide bonds. The van der Waals surface area contributed by atoms with Gasteiger partial charge in [0.1, 0.15) is 11.2 Å². The fourth-order valence-electron chi connectivity index (χ4n) is 7.90. The van der Waals surface area contributed by atoms with E-state index in [2.05, 4.69) is 195 Å². The normalized spacial score (nSPS) is 12.2. The summed E-state index contributed by atoms with van der Waals surface area (Å²) in [7, 11) is 0. The second kappa shape index (κ2) is 13.6. The number of rotatable bonds is 6. The first-order valence-corrected chi connectivity index (χ1v) is 19.8. The van der Waals surface area contributed by atoms with Crippen LogP contribution in [0.1, 0.15) is 64.1 Å². The summed E-state index contributed by atoms with van der Waals surface area (Å²) in [6.07, 6.45) is 3.91. The highest BCUT2D eigenvalue weighted by atomic mass is 16.3. The molecule has 0 saturated carbocycles. The summed E-state index contributed by atoms with van der Waals surface area (Å²) in [5, 5.41) is 6.61. The largest absolute Gasteiger partial charge is 0.455 e. The first kappa shape index (κ1) is 36.2. The zero-order valence-corrected chi connectivity index (χ0v) is 34.1. The van der Waals surface area contributed by atoms with Crippen molar-refractivity contribution in [2.24, 2.45) is 0 Å². The van der Waals surface area contributed by atoms with Crippen LogP contribution in [-0.2, 0) is 10.8 Å². The van der Waals surface area contributed by atoms with Gasteiger partial charge in [-0.1, -0.05) is 77.9 Å². The van der Waals surface area contributed by atoms with E-state index in [1.54, 1.807) is 0 Å². The molecule has 0 fully saturated rings. The molecule has 6 aromatic carbocycles. The van der Waals surface area contributed by atoms with E-state index in [0.717, 1.165) is 89.0 Å². The molecule has 0 aliphatic carbocycles. The van der Waals surface area contributed by atoms with E-state index >= 15 is 0 Å². The molecule has 57 heavy (non-hydrogen) atoms. The molecule has 0 atom stereocenters. The summed E-state index contributed by atoms with van der Waals surface area (Å²) in [5.41, 5.74) is 12.8.